The molecule has 1 aromatic carbocycles. The van der Waals surface area contributed by atoms with E-state index in [1.54, 1.807) is 29.1 Å². The summed E-state index contributed by atoms with van der Waals surface area (Å²) in [5.41, 5.74) is 1.21. The van der Waals surface area contributed by atoms with Crippen molar-refractivity contribution in [3.63, 3.8) is 0 Å². The van der Waals surface area contributed by atoms with Gasteiger partial charge in [0.05, 0.1) is 5.56 Å². The van der Waals surface area contributed by atoms with Crippen molar-refractivity contribution in [2.45, 2.75) is 26.8 Å². The summed E-state index contributed by atoms with van der Waals surface area (Å²) in [6.07, 6.45) is 3.37. The smallest absolute Gasteiger partial charge is 0.153 e. The van der Waals surface area contributed by atoms with Crippen molar-refractivity contribution in [1.29, 1.82) is 0 Å². The summed E-state index contributed by atoms with van der Waals surface area (Å²) in [4.78, 5) is 11.1. The summed E-state index contributed by atoms with van der Waals surface area (Å²) >= 11 is 0. The van der Waals surface area contributed by atoms with Gasteiger partial charge in [-0.2, -0.15) is 5.10 Å². The highest BCUT2D eigenvalue weighted by molar-refractivity contribution is 5.85. The van der Waals surface area contributed by atoms with Crippen molar-refractivity contribution in [1.82, 2.24) is 9.78 Å². The van der Waals surface area contributed by atoms with Crippen LogP contribution in [-0.4, -0.2) is 16.1 Å². The van der Waals surface area contributed by atoms with Gasteiger partial charge in [0.15, 0.2) is 6.29 Å². The van der Waals surface area contributed by atoms with Crippen LogP contribution in [-0.2, 0) is 6.54 Å². The number of carbonyl (C=O) groups is 1. The van der Waals surface area contributed by atoms with E-state index in [0.717, 1.165) is 19.3 Å². The Kier molecular flexibility index (Phi) is 4.10. The molecule has 0 bridgehead atoms. The second-order valence-electron chi connectivity index (χ2n) is 4.98. The highest BCUT2D eigenvalue weighted by Gasteiger charge is 2.14. The first-order valence-corrected chi connectivity index (χ1v) is 6.39. The Balaban J connectivity index is 2.35. The van der Waals surface area contributed by atoms with E-state index in [4.69, 9.17) is 0 Å². The van der Waals surface area contributed by atoms with E-state index in [1.165, 1.54) is 6.07 Å². The summed E-state index contributed by atoms with van der Waals surface area (Å²) in [5, 5.41) is 4.33. The third kappa shape index (κ3) is 3.08. The van der Waals surface area contributed by atoms with E-state index < -0.39 is 0 Å². The zero-order valence-electron chi connectivity index (χ0n) is 11.1. The lowest BCUT2D eigenvalue weighted by atomic mass is 10.1. The van der Waals surface area contributed by atoms with Crippen LogP contribution >= 0.6 is 0 Å². The average molecular weight is 260 g/mol. The van der Waals surface area contributed by atoms with Crippen LogP contribution in [0.15, 0.2) is 30.5 Å². The Bertz CT molecular complexity index is 575. The van der Waals surface area contributed by atoms with Gasteiger partial charge in [0.25, 0.3) is 0 Å². The van der Waals surface area contributed by atoms with Crippen LogP contribution in [0.3, 0.4) is 0 Å². The van der Waals surface area contributed by atoms with Gasteiger partial charge in [-0.05, 0) is 24.5 Å². The van der Waals surface area contributed by atoms with E-state index in [0.29, 0.717) is 22.7 Å². The minimum Gasteiger partial charge on any atom is -0.298 e. The van der Waals surface area contributed by atoms with Gasteiger partial charge < -0.3 is 0 Å². The Morgan fingerprint density at radius 3 is 2.74 bits per heavy atom. The molecule has 1 aromatic heterocycles. The topological polar surface area (TPSA) is 34.9 Å². The zero-order chi connectivity index (χ0) is 13.8. The zero-order valence-corrected chi connectivity index (χ0v) is 11.1. The minimum atomic E-state index is -0.361. The quantitative estimate of drug-likeness (QED) is 0.771. The molecular formula is C15H17FN2O. The van der Waals surface area contributed by atoms with Crippen LogP contribution in [0.2, 0.25) is 0 Å². The van der Waals surface area contributed by atoms with E-state index in [-0.39, 0.29) is 5.82 Å². The van der Waals surface area contributed by atoms with Crippen LogP contribution in [0, 0.1) is 11.7 Å². The molecule has 0 amide bonds. The maximum absolute atomic E-state index is 13.7. The van der Waals surface area contributed by atoms with Crippen LogP contribution in [0.5, 0.6) is 0 Å². The number of rotatable bonds is 5. The summed E-state index contributed by atoms with van der Waals surface area (Å²) < 4.78 is 15.5. The number of carbonyl (C=O) groups excluding carboxylic acids is 1. The highest BCUT2D eigenvalue weighted by atomic mass is 19.1. The van der Waals surface area contributed by atoms with Crippen LogP contribution in [0.25, 0.3) is 11.3 Å². The predicted octanol–water partition coefficient (Wildman–Crippen LogP) is 3.55. The lowest BCUT2D eigenvalue weighted by Gasteiger charge is -2.04. The van der Waals surface area contributed by atoms with Crippen molar-refractivity contribution in [2.75, 3.05) is 0 Å². The Morgan fingerprint density at radius 2 is 2.11 bits per heavy atom. The molecule has 0 radical (unpaired) electrons. The third-order valence-corrected chi connectivity index (χ3v) is 2.98. The number of aldehydes is 1. The minimum absolute atomic E-state index is 0.361. The van der Waals surface area contributed by atoms with Crippen molar-refractivity contribution in [2.24, 2.45) is 5.92 Å². The van der Waals surface area contributed by atoms with E-state index >= 15 is 0 Å². The Labute approximate surface area is 112 Å². The summed E-state index contributed by atoms with van der Waals surface area (Å²) in [6.45, 7) is 4.98. The Hall–Kier alpha value is -1.97. The number of hydrogen-bond acceptors (Lipinski definition) is 2. The number of halogens is 1. The first-order valence-electron chi connectivity index (χ1n) is 6.39. The summed E-state index contributed by atoms with van der Waals surface area (Å²) in [7, 11) is 0. The van der Waals surface area contributed by atoms with Gasteiger partial charge in [0.2, 0.25) is 0 Å². The predicted molar refractivity (Wildman–Crippen MR) is 72.5 cm³/mol. The molecule has 0 N–H and O–H groups in total. The number of aromatic nitrogens is 2. The second kappa shape index (κ2) is 5.78. The van der Waals surface area contributed by atoms with Gasteiger partial charge >= 0.3 is 0 Å². The van der Waals surface area contributed by atoms with Crippen LogP contribution in [0.4, 0.5) is 4.39 Å². The van der Waals surface area contributed by atoms with Crippen LogP contribution in [0.1, 0.15) is 30.6 Å². The normalized spacial score (nSPS) is 10.9. The lowest BCUT2D eigenvalue weighted by Crippen LogP contribution is -2.02. The first-order chi connectivity index (χ1) is 9.11. The standard InChI is InChI=1S/C15H17FN2O/c1-11(2)7-8-18-9-12(10-19)15(17-18)13-5-3-4-6-14(13)16/h3-6,9-11H,7-8H2,1-2H3. The molecule has 0 fully saturated rings. The Morgan fingerprint density at radius 1 is 1.37 bits per heavy atom. The average Bonchev–Trinajstić information content (AvgIpc) is 2.80. The lowest BCUT2D eigenvalue weighted by molar-refractivity contribution is 0.112. The molecule has 0 saturated carbocycles. The van der Waals surface area contributed by atoms with Gasteiger partial charge in [0, 0.05) is 18.3 Å². The maximum atomic E-state index is 13.7. The summed E-state index contributed by atoms with van der Waals surface area (Å²) in [5.74, 6) is 0.195. The molecule has 0 unspecified atom stereocenters. The molecule has 3 nitrogen and oxygen atoms in total. The third-order valence-electron chi connectivity index (χ3n) is 2.98. The van der Waals surface area contributed by atoms with Gasteiger partial charge in [-0.1, -0.05) is 26.0 Å². The summed E-state index contributed by atoms with van der Waals surface area (Å²) in [6, 6.07) is 6.36. The highest BCUT2D eigenvalue weighted by Crippen LogP contribution is 2.24. The molecule has 0 aliphatic heterocycles. The maximum Gasteiger partial charge on any atom is 0.153 e. The fourth-order valence-electron chi connectivity index (χ4n) is 1.89. The molecule has 1 heterocycles. The molecule has 0 aliphatic rings. The molecule has 2 aromatic rings. The molecule has 0 aliphatic carbocycles. The van der Waals surface area contributed by atoms with Crippen LogP contribution < -0.4 is 0 Å². The number of aryl methyl sites for hydroxylation is 1. The van der Waals surface area contributed by atoms with Crippen molar-refractivity contribution in [3.8, 4) is 11.3 Å². The second-order valence-corrected chi connectivity index (χ2v) is 4.98. The fraction of sp³-hybridized carbons (Fsp3) is 0.333. The largest absolute Gasteiger partial charge is 0.298 e. The van der Waals surface area contributed by atoms with Gasteiger partial charge in [-0.3, -0.25) is 9.48 Å². The van der Waals surface area contributed by atoms with Crippen molar-refractivity contribution < 1.29 is 9.18 Å². The molecule has 2 rings (SSSR count). The van der Waals surface area contributed by atoms with E-state index in [9.17, 15) is 9.18 Å². The number of nitrogens with zero attached hydrogens (tertiary/aromatic N) is 2. The van der Waals surface area contributed by atoms with Gasteiger partial charge in [-0.15, -0.1) is 0 Å². The molecule has 0 atom stereocenters. The van der Waals surface area contributed by atoms with Crippen molar-refractivity contribution >= 4 is 6.29 Å². The molecule has 0 saturated heterocycles. The molecule has 100 valence electrons. The number of benzene rings is 1. The monoisotopic (exact) mass is 260 g/mol. The van der Waals surface area contributed by atoms with Gasteiger partial charge in [-0.25, -0.2) is 4.39 Å². The van der Waals surface area contributed by atoms with Gasteiger partial charge in [0.1, 0.15) is 11.5 Å². The molecule has 0 spiro atoms. The number of hydrogen-bond donors (Lipinski definition) is 0. The SMILES string of the molecule is CC(C)CCn1cc(C=O)c(-c2ccccc2F)n1. The first kappa shape index (κ1) is 13.5. The van der Waals surface area contributed by atoms with Crippen molar-refractivity contribution in [3.05, 3.63) is 41.8 Å². The molecule has 19 heavy (non-hydrogen) atoms. The molecule has 4 heteroatoms. The fourth-order valence-corrected chi connectivity index (χ4v) is 1.89. The van der Waals surface area contributed by atoms with E-state index in [1.807, 2.05) is 0 Å². The molecular weight excluding hydrogens is 243 g/mol. The van der Waals surface area contributed by atoms with E-state index in [2.05, 4.69) is 18.9 Å².